The Morgan fingerprint density at radius 2 is 2.23 bits per heavy atom. The van der Waals surface area contributed by atoms with Crippen molar-refractivity contribution < 1.29 is 9.53 Å². The van der Waals surface area contributed by atoms with E-state index in [9.17, 15) is 4.79 Å². The van der Waals surface area contributed by atoms with Gasteiger partial charge in [0.25, 0.3) is 5.91 Å². The summed E-state index contributed by atoms with van der Waals surface area (Å²) in [5.74, 6) is 0.0663. The van der Waals surface area contributed by atoms with Crippen LogP contribution in [0.25, 0.3) is 0 Å². The van der Waals surface area contributed by atoms with Gasteiger partial charge in [-0.05, 0) is 38.5 Å². The van der Waals surface area contributed by atoms with Gasteiger partial charge in [0.2, 0.25) is 0 Å². The van der Waals surface area contributed by atoms with E-state index in [1.54, 1.807) is 0 Å². The van der Waals surface area contributed by atoms with E-state index in [-0.39, 0.29) is 18.1 Å². The second kappa shape index (κ2) is 4.95. The van der Waals surface area contributed by atoms with E-state index in [4.69, 9.17) is 4.74 Å². The topological polar surface area (TPSA) is 58.2 Å². The number of fused-ring (bicyclic) bond motifs is 1. The molecule has 1 N–H and O–H groups in total. The number of carbonyl (C=O) groups excluding carboxylic acids is 1. The lowest BCUT2D eigenvalue weighted by Gasteiger charge is -2.27. The average Bonchev–Trinajstić information content (AvgIpc) is 3.17. The van der Waals surface area contributed by atoms with Gasteiger partial charge in [0.05, 0.1) is 17.9 Å². The van der Waals surface area contributed by atoms with Gasteiger partial charge in [-0.2, -0.15) is 5.10 Å². The van der Waals surface area contributed by atoms with Gasteiger partial charge in [0.15, 0.2) is 5.69 Å². The summed E-state index contributed by atoms with van der Waals surface area (Å²) in [6, 6.07) is 0. The molecule has 2 aliphatic heterocycles. The van der Waals surface area contributed by atoms with Crippen molar-refractivity contribution in [3.05, 3.63) is 29.1 Å². The van der Waals surface area contributed by atoms with Gasteiger partial charge in [-0.25, -0.2) is 0 Å². The van der Waals surface area contributed by atoms with Crippen molar-refractivity contribution in [1.82, 2.24) is 15.1 Å². The zero-order chi connectivity index (χ0) is 15.3. The third-order valence-corrected chi connectivity index (χ3v) is 5.25. The highest BCUT2D eigenvalue weighted by molar-refractivity contribution is 5.94. The maximum absolute atomic E-state index is 13.0. The summed E-state index contributed by atoms with van der Waals surface area (Å²) in [6.45, 7) is 5.62. The lowest BCUT2D eigenvalue weighted by atomic mass is 9.98. The maximum atomic E-state index is 13.0. The highest BCUT2D eigenvalue weighted by Crippen LogP contribution is 2.50. The number of hydrogen-bond donors (Lipinski definition) is 1. The van der Waals surface area contributed by atoms with Gasteiger partial charge in [0, 0.05) is 25.1 Å². The van der Waals surface area contributed by atoms with Crippen LogP contribution in [0.3, 0.4) is 0 Å². The van der Waals surface area contributed by atoms with Crippen LogP contribution in [0.5, 0.6) is 0 Å². The summed E-state index contributed by atoms with van der Waals surface area (Å²) in [5.41, 5.74) is 2.97. The Balaban J connectivity index is 1.62. The lowest BCUT2D eigenvalue weighted by molar-refractivity contribution is -0.00702. The van der Waals surface area contributed by atoms with E-state index in [0.29, 0.717) is 17.7 Å². The smallest absolute Gasteiger partial charge is 0.274 e. The molecule has 1 saturated carbocycles. The molecule has 1 aromatic heterocycles. The minimum Gasteiger partial charge on any atom is -0.369 e. The fraction of sp³-hybridized carbons (Fsp3) is 0.647. The van der Waals surface area contributed by atoms with Crippen LogP contribution in [0.2, 0.25) is 0 Å². The fourth-order valence-electron chi connectivity index (χ4n) is 3.76. The van der Waals surface area contributed by atoms with E-state index in [0.717, 1.165) is 30.6 Å². The van der Waals surface area contributed by atoms with Crippen LogP contribution in [-0.4, -0.2) is 40.2 Å². The Morgan fingerprint density at radius 1 is 1.41 bits per heavy atom. The molecule has 1 aromatic rings. The van der Waals surface area contributed by atoms with E-state index in [1.807, 2.05) is 11.8 Å². The molecule has 118 valence electrons. The number of nitrogens with zero attached hydrogens (tertiary/aromatic N) is 2. The van der Waals surface area contributed by atoms with Gasteiger partial charge < -0.3 is 9.64 Å². The van der Waals surface area contributed by atoms with E-state index < -0.39 is 0 Å². The van der Waals surface area contributed by atoms with E-state index in [1.165, 1.54) is 12.8 Å². The number of aromatic amines is 1. The molecule has 0 radical (unpaired) electrons. The number of rotatable bonds is 1. The van der Waals surface area contributed by atoms with Gasteiger partial charge in [0.1, 0.15) is 0 Å². The SMILES string of the molecule is C[C@@H]1Cc2c(C(=O)N3CC=CCC4(CC4)C3)n[nH]c2[C@H](C)O1. The molecule has 3 heterocycles. The van der Waals surface area contributed by atoms with Crippen molar-refractivity contribution in [2.75, 3.05) is 13.1 Å². The van der Waals surface area contributed by atoms with Gasteiger partial charge in [-0.3, -0.25) is 9.89 Å². The second-order valence-corrected chi connectivity index (χ2v) is 7.12. The van der Waals surface area contributed by atoms with Crippen molar-refractivity contribution in [2.24, 2.45) is 5.41 Å². The Morgan fingerprint density at radius 3 is 3.00 bits per heavy atom. The number of allylic oxidation sites excluding steroid dienone is 1. The first kappa shape index (κ1) is 14.0. The van der Waals surface area contributed by atoms with Crippen LogP contribution in [0.4, 0.5) is 0 Å². The molecule has 5 heteroatoms. The number of H-pyrrole nitrogens is 1. The quantitative estimate of drug-likeness (QED) is 0.811. The first-order valence-corrected chi connectivity index (χ1v) is 8.25. The second-order valence-electron chi connectivity index (χ2n) is 7.12. The molecule has 0 bridgehead atoms. The molecule has 3 aliphatic rings. The third-order valence-electron chi connectivity index (χ3n) is 5.25. The van der Waals surface area contributed by atoms with E-state index in [2.05, 4.69) is 29.3 Å². The molecule has 1 aliphatic carbocycles. The molecule has 0 unspecified atom stereocenters. The number of nitrogens with one attached hydrogen (secondary N) is 1. The molecular formula is C17H23N3O2. The summed E-state index contributed by atoms with van der Waals surface area (Å²) in [7, 11) is 0. The highest BCUT2D eigenvalue weighted by atomic mass is 16.5. The first-order valence-electron chi connectivity index (χ1n) is 8.25. The molecule has 5 nitrogen and oxygen atoms in total. The molecule has 22 heavy (non-hydrogen) atoms. The van der Waals surface area contributed by atoms with Crippen molar-refractivity contribution in [3.8, 4) is 0 Å². The Hall–Kier alpha value is -1.62. The molecule has 1 fully saturated rings. The largest absolute Gasteiger partial charge is 0.369 e. The molecule has 4 rings (SSSR count). The standard InChI is InChI=1S/C17H23N3O2/c1-11-9-13-14(12(2)22-11)18-19-15(13)16(21)20-8-4-3-5-17(10-20)6-7-17/h3-4,11-12H,5-10H2,1-2H3,(H,18,19)/t11-,12+/m1/s1. The van der Waals surface area contributed by atoms with Crippen LogP contribution < -0.4 is 0 Å². The predicted molar refractivity (Wildman–Crippen MR) is 82.6 cm³/mol. The Bertz CT molecular complexity index is 630. The van der Waals surface area contributed by atoms with Crippen molar-refractivity contribution in [3.63, 3.8) is 0 Å². The fourth-order valence-corrected chi connectivity index (χ4v) is 3.76. The minimum absolute atomic E-state index is 0.0217. The highest BCUT2D eigenvalue weighted by Gasteiger charge is 2.45. The van der Waals surface area contributed by atoms with Crippen LogP contribution in [0.1, 0.15) is 61.0 Å². The lowest BCUT2D eigenvalue weighted by Crippen LogP contribution is -2.36. The predicted octanol–water partition coefficient (Wildman–Crippen LogP) is 2.61. The Labute approximate surface area is 130 Å². The number of ether oxygens (including phenoxy) is 1. The average molecular weight is 301 g/mol. The summed E-state index contributed by atoms with van der Waals surface area (Å²) in [5, 5.41) is 7.36. The molecule has 0 aromatic carbocycles. The van der Waals surface area contributed by atoms with Crippen LogP contribution >= 0.6 is 0 Å². The van der Waals surface area contributed by atoms with Gasteiger partial charge in [-0.1, -0.05) is 12.2 Å². The number of amides is 1. The van der Waals surface area contributed by atoms with Crippen molar-refractivity contribution in [1.29, 1.82) is 0 Å². The molecule has 1 amide bonds. The van der Waals surface area contributed by atoms with Gasteiger partial charge >= 0.3 is 0 Å². The normalized spacial score (nSPS) is 29.3. The van der Waals surface area contributed by atoms with Crippen molar-refractivity contribution >= 4 is 5.91 Å². The van der Waals surface area contributed by atoms with Crippen LogP contribution in [-0.2, 0) is 11.2 Å². The molecule has 2 atom stereocenters. The number of hydrogen-bond acceptors (Lipinski definition) is 3. The molecule has 1 spiro atoms. The summed E-state index contributed by atoms with van der Waals surface area (Å²) < 4.78 is 5.81. The third kappa shape index (κ3) is 2.28. The Kier molecular flexibility index (Phi) is 3.15. The first-order chi connectivity index (χ1) is 10.6. The van der Waals surface area contributed by atoms with Crippen LogP contribution in [0.15, 0.2) is 12.2 Å². The molecular weight excluding hydrogens is 278 g/mol. The maximum Gasteiger partial charge on any atom is 0.274 e. The minimum atomic E-state index is -0.0217. The summed E-state index contributed by atoms with van der Waals surface area (Å²) in [4.78, 5) is 15.0. The summed E-state index contributed by atoms with van der Waals surface area (Å²) in [6.07, 6.45) is 8.81. The number of carbonyl (C=O) groups is 1. The monoisotopic (exact) mass is 301 g/mol. The van der Waals surface area contributed by atoms with E-state index >= 15 is 0 Å². The van der Waals surface area contributed by atoms with Crippen molar-refractivity contribution in [2.45, 2.75) is 51.7 Å². The van der Waals surface area contributed by atoms with Gasteiger partial charge in [-0.15, -0.1) is 0 Å². The number of aromatic nitrogens is 2. The summed E-state index contributed by atoms with van der Waals surface area (Å²) >= 11 is 0. The molecule has 0 saturated heterocycles. The zero-order valence-corrected chi connectivity index (χ0v) is 13.3. The zero-order valence-electron chi connectivity index (χ0n) is 13.3. The van der Waals surface area contributed by atoms with Crippen LogP contribution in [0, 0.1) is 5.41 Å².